The lowest BCUT2D eigenvalue weighted by Crippen LogP contribution is -2.48. The molecule has 1 rings (SSSR count). The fraction of sp³-hybridized carbons (Fsp3) is 1.00. The molecule has 0 unspecified atom stereocenters. The van der Waals surface area contributed by atoms with Gasteiger partial charge in [0.2, 0.25) is 0 Å². The Morgan fingerprint density at radius 1 is 1.30 bits per heavy atom. The van der Waals surface area contributed by atoms with E-state index in [0.717, 1.165) is 5.92 Å². The van der Waals surface area contributed by atoms with E-state index in [9.17, 15) is 0 Å². The van der Waals surface area contributed by atoms with Crippen molar-refractivity contribution in [3.05, 3.63) is 0 Å². The van der Waals surface area contributed by atoms with Crippen molar-refractivity contribution in [2.45, 2.75) is 32.9 Å². The van der Waals surface area contributed by atoms with Gasteiger partial charge in [0.15, 0.2) is 0 Å². The third kappa shape index (κ3) is 2.67. The van der Waals surface area contributed by atoms with Gasteiger partial charge in [0.25, 0.3) is 0 Å². The third-order valence-electron chi connectivity index (χ3n) is 1.84. The summed E-state index contributed by atoms with van der Waals surface area (Å²) in [5.74, 6) is 0.795. The first-order valence-electron chi connectivity index (χ1n) is 4.26. The molecular weight excluding hydrogens is 124 g/mol. The highest BCUT2D eigenvalue weighted by molar-refractivity contribution is 4.70. The average Bonchev–Trinajstić information content (AvgIpc) is 1.88. The second-order valence-electron chi connectivity index (χ2n) is 3.44. The Labute approximate surface area is 63.4 Å². The number of nitrogens with one attached hydrogen (secondary N) is 2. The minimum atomic E-state index is 0.578. The summed E-state index contributed by atoms with van der Waals surface area (Å²) in [6.45, 7) is 6.89. The van der Waals surface area contributed by atoms with Gasteiger partial charge in [-0.1, -0.05) is 13.8 Å². The number of rotatable bonds is 2. The van der Waals surface area contributed by atoms with Crippen molar-refractivity contribution in [3.8, 4) is 0 Å². The molecule has 0 radical (unpaired) electrons. The molecule has 0 bridgehead atoms. The highest BCUT2D eigenvalue weighted by Gasteiger charge is 2.11. The van der Waals surface area contributed by atoms with Crippen molar-refractivity contribution in [3.63, 3.8) is 0 Å². The van der Waals surface area contributed by atoms with Crippen LogP contribution >= 0.6 is 0 Å². The molecule has 0 aliphatic carbocycles. The third-order valence-corrected chi connectivity index (χ3v) is 1.84. The molecular formula is C8H18N2. The lowest BCUT2D eigenvalue weighted by atomic mass is 10.1. The van der Waals surface area contributed by atoms with E-state index in [1.165, 1.54) is 25.9 Å². The minimum Gasteiger partial charge on any atom is -0.302 e. The van der Waals surface area contributed by atoms with E-state index in [4.69, 9.17) is 0 Å². The zero-order valence-electron chi connectivity index (χ0n) is 6.98. The maximum absolute atomic E-state index is 3.44. The second-order valence-corrected chi connectivity index (χ2v) is 3.44. The van der Waals surface area contributed by atoms with Crippen LogP contribution in [0.15, 0.2) is 0 Å². The summed E-state index contributed by atoms with van der Waals surface area (Å²) in [7, 11) is 0. The first-order chi connectivity index (χ1) is 4.79. The zero-order valence-corrected chi connectivity index (χ0v) is 6.98. The molecule has 60 valence electrons. The summed E-state index contributed by atoms with van der Waals surface area (Å²) in [6, 6.07) is 0. The highest BCUT2D eigenvalue weighted by atomic mass is 15.1. The maximum Gasteiger partial charge on any atom is 0.0574 e. The van der Waals surface area contributed by atoms with Crippen LogP contribution in [0.1, 0.15) is 26.7 Å². The fourth-order valence-electron chi connectivity index (χ4n) is 1.35. The lowest BCUT2D eigenvalue weighted by molar-refractivity contribution is 0.320. The van der Waals surface area contributed by atoms with Crippen molar-refractivity contribution in [2.24, 2.45) is 5.92 Å². The van der Waals surface area contributed by atoms with Gasteiger partial charge >= 0.3 is 0 Å². The van der Waals surface area contributed by atoms with Crippen LogP contribution in [0.3, 0.4) is 0 Å². The molecule has 1 aliphatic rings. The average molecular weight is 142 g/mol. The lowest BCUT2D eigenvalue weighted by Gasteiger charge is -2.26. The standard InChI is InChI=1S/C8H18N2/c1-7(2)6-8-9-4-3-5-10-8/h7-10H,3-6H2,1-2H3. The van der Waals surface area contributed by atoms with Crippen LogP contribution in [-0.4, -0.2) is 19.3 Å². The molecule has 0 aromatic carbocycles. The van der Waals surface area contributed by atoms with Crippen LogP contribution in [0.4, 0.5) is 0 Å². The molecule has 0 aromatic heterocycles. The normalized spacial score (nSPS) is 21.9. The quantitative estimate of drug-likeness (QED) is 0.599. The van der Waals surface area contributed by atoms with Gasteiger partial charge in [-0.3, -0.25) is 0 Å². The topological polar surface area (TPSA) is 24.1 Å². The van der Waals surface area contributed by atoms with E-state index in [1.807, 2.05) is 0 Å². The predicted molar refractivity (Wildman–Crippen MR) is 43.9 cm³/mol. The molecule has 2 nitrogen and oxygen atoms in total. The van der Waals surface area contributed by atoms with Gasteiger partial charge < -0.3 is 10.6 Å². The smallest absolute Gasteiger partial charge is 0.0574 e. The molecule has 2 N–H and O–H groups in total. The Hall–Kier alpha value is -0.0800. The van der Waals surface area contributed by atoms with Crippen molar-refractivity contribution in [2.75, 3.05) is 13.1 Å². The largest absolute Gasteiger partial charge is 0.302 e. The molecule has 0 saturated carbocycles. The van der Waals surface area contributed by atoms with E-state index in [0.29, 0.717) is 6.17 Å². The molecule has 0 atom stereocenters. The summed E-state index contributed by atoms with van der Waals surface area (Å²) in [5, 5.41) is 6.88. The first-order valence-corrected chi connectivity index (χ1v) is 4.26. The number of hydrogen-bond acceptors (Lipinski definition) is 2. The molecule has 0 spiro atoms. The molecule has 0 amide bonds. The highest BCUT2D eigenvalue weighted by Crippen LogP contribution is 2.03. The molecule has 10 heavy (non-hydrogen) atoms. The Bertz CT molecular complexity index is 85.3. The van der Waals surface area contributed by atoms with Crippen LogP contribution in [0.25, 0.3) is 0 Å². The van der Waals surface area contributed by atoms with Gasteiger partial charge in [-0.05, 0) is 31.8 Å². The zero-order chi connectivity index (χ0) is 7.40. The SMILES string of the molecule is CC(C)CC1NCCCN1. The van der Waals surface area contributed by atoms with Gasteiger partial charge in [0.1, 0.15) is 0 Å². The van der Waals surface area contributed by atoms with Crippen molar-refractivity contribution >= 4 is 0 Å². The number of hydrogen-bond donors (Lipinski definition) is 2. The van der Waals surface area contributed by atoms with Crippen LogP contribution in [0, 0.1) is 5.92 Å². The molecule has 0 aromatic rings. The van der Waals surface area contributed by atoms with E-state index < -0.39 is 0 Å². The summed E-state index contributed by atoms with van der Waals surface area (Å²) < 4.78 is 0. The summed E-state index contributed by atoms with van der Waals surface area (Å²) in [6.07, 6.45) is 3.10. The minimum absolute atomic E-state index is 0.578. The molecule has 1 fully saturated rings. The molecule has 1 aliphatic heterocycles. The Balaban J connectivity index is 2.13. The second kappa shape index (κ2) is 3.94. The van der Waals surface area contributed by atoms with Gasteiger partial charge in [0.05, 0.1) is 6.17 Å². The maximum atomic E-state index is 3.44. The van der Waals surface area contributed by atoms with Crippen molar-refractivity contribution in [1.82, 2.24) is 10.6 Å². The first kappa shape index (κ1) is 8.02. The summed E-state index contributed by atoms with van der Waals surface area (Å²) >= 11 is 0. The van der Waals surface area contributed by atoms with E-state index in [1.54, 1.807) is 0 Å². The van der Waals surface area contributed by atoms with Crippen LogP contribution in [-0.2, 0) is 0 Å². The van der Waals surface area contributed by atoms with Gasteiger partial charge in [-0.2, -0.15) is 0 Å². The van der Waals surface area contributed by atoms with E-state index in [2.05, 4.69) is 24.5 Å². The van der Waals surface area contributed by atoms with Gasteiger partial charge in [0, 0.05) is 0 Å². The van der Waals surface area contributed by atoms with Crippen LogP contribution in [0.2, 0.25) is 0 Å². The predicted octanol–water partition coefficient (Wildman–Crippen LogP) is 0.942. The molecule has 2 heteroatoms. The van der Waals surface area contributed by atoms with Gasteiger partial charge in [-0.25, -0.2) is 0 Å². The van der Waals surface area contributed by atoms with E-state index >= 15 is 0 Å². The van der Waals surface area contributed by atoms with Crippen LogP contribution < -0.4 is 10.6 Å². The molecule has 1 saturated heterocycles. The van der Waals surface area contributed by atoms with Crippen molar-refractivity contribution < 1.29 is 0 Å². The Morgan fingerprint density at radius 2 is 1.90 bits per heavy atom. The summed E-state index contributed by atoms with van der Waals surface area (Å²) in [5.41, 5.74) is 0. The Kier molecular flexibility index (Phi) is 3.16. The Morgan fingerprint density at radius 3 is 2.40 bits per heavy atom. The summed E-state index contributed by atoms with van der Waals surface area (Å²) in [4.78, 5) is 0. The monoisotopic (exact) mass is 142 g/mol. The molecule has 1 heterocycles. The van der Waals surface area contributed by atoms with E-state index in [-0.39, 0.29) is 0 Å². The van der Waals surface area contributed by atoms with Crippen LogP contribution in [0.5, 0.6) is 0 Å². The van der Waals surface area contributed by atoms with Crippen molar-refractivity contribution in [1.29, 1.82) is 0 Å². The van der Waals surface area contributed by atoms with Gasteiger partial charge in [-0.15, -0.1) is 0 Å². The fourth-order valence-corrected chi connectivity index (χ4v) is 1.35.